The van der Waals surface area contributed by atoms with Crippen LogP contribution in [0, 0.1) is 0 Å². The second-order valence-corrected chi connectivity index (χ2v) is 6.12. The van der Waals surface area contributed by atoms with Crippen molar-refractivity contribution in [2.45, 2.75) is 36.2 Å². The van der Waals surface area contributed by atoms with Crippen LogP contribution in [0.3, 0.4) is 0 Å². The number of halogens is 1. The Labute approximate surface area is 115 Å². The monoisotopic (exact) mass is 286 g/mol. The van der Waals surface area contributed by atoms with Crippen molar-refractivity contribution in [3.63, 3.8) is 0 Å². The highest BCUT2D eigenvalue weighted by atomic mass is 35.5. The summed E-state index contributed by atoms with van der Waals surface area (Å²) < 4.78 is 0. The van der Waals surface area contributed by atoms with Crippen LogP contribution in [0.1, 0.15) is 36.0 Å². The Hall–Kier alpha value is -0.710. The molecule has 5 heteroatoms. The molecule has 0 aliphatic heterocycles. The number of carboxylic acid groups (broad SMARTS) is 1. The molecular weight excluding hydrogens is 272 g/mol. The highest BCUT2D eigenvalue weighted by Gasteiger charge is 2.30. The average molecular weight is 287 g/mol. The van der Waals surface area contributed by atoms with Gasteiger partial charge >= 0.3 is 5.97 Å². The van der Waals surface area contributed by atoms with Crippen LogP contribution in [0.5, 0.6) is 0 Å². The first-order valence-corrected chi connectivity index (χ1v) is 7.25. The van der Waals surface area contributed by atoms with Crippen LogP contribution >= 0.6 is 23.4 Å². The van der Waals surface area contributed by atoms with Crippen LogP contribution in [0.25, 0.3) is 0 Å². The van der Waals surface area contributed by atoms with E-state index in [2.05, 4.69) is 0 Å². The number of aliphatic hydroxyl groups is 1. The fourth-order valence-corrected chi connectivity index (χ4v) is 3.44. The quantitative estimate of drug-likeness (QED) is 0.833. The zero-order valence-corrected chi connectivity index (χ0v) is 11.4. The normalized spacial score (nSPS) is 17.9. The van der Waals surface area contributed by atoms with E-state index in [1.165, 1.54) is 11.8 Å². The fraction of sp³-hybridized carbons (Fsp3) is 0.462. The third-order valence-corrected chi connectivity index (χ3v) is 4.81. The van der Waals surface area contributed by atoms with Gasteiger partial charge in [0.2, 0.25) is 0 Å². The first-order chi connectivity index (χ1) is 8.50. The molecule has 0 radical (unpaired) electrons. The van der Waals surface area contributed by atoms with E-state index in [-0.39, 0.29) is 10.6 Å². The predicted octanol–water partition coefficient (Wildman–Crippen LogP) is 3.44. The minimum absolute atomic E-state index is 0.111. The Morgan fingerprint density at radius 2 is 2.06 bits per heavy atom. The summed E-state index contributed by atoms with van der Waals surface area (Å²) in [6.07, 6.45) is 3.80. The standard InChI is InChI=1S/C13H15ClO3S/c14-11-4-3-9(7-10(11)12(15)16)18-8-13(17)5-1-2-6-13/h3-4,7,17H,1-2,5-6,8H2,(H,15,16). The molecule has 0 spiro atoms. The van der Waals surface area contributed by atoms with Crippen molar-refractivity contribution in [2.75, 3.05) is 5.75 Å². The Morgan fingerprint density at radius 3 is 2.67 bits per heavy atom. The molecular formula is C13H15ClO3S. The van der Waals surface area contributed by atoms with E-state index in [4.69, 9.17) is 16.7 Å². The number of hydrogen-bond acceptors (Lipinski definition) is 3. The van der Waals surface area contributed by atoms with E-state index in [0.717, 1.165) is 30.6 Å². The molecule has 98 valence electrons. The summed E-state index contributed by atoms with van der Waals surface area (Å²) in [4.78, 5) is 11.8. The summed E-state index contributed by atoms with van der Waals surface area (Å²) in [6, 6.07) is 4.94. The minimum atomic E-state index is -1.03. The molecule has 1 aliphatic carbocycles. The van der Waals surface area contributed by atoms with Gasteiger partial charge in [-0.1, -0.05) is 24.4 Å². The van der Waals surface area contributed by atoms with Crippen molar-refractivity contribution in [3.8, 4) is 0 Å². The highest BCUT2D eigenvalue weighted by molar-refractivity contribution is 7.99. The molecule has 1 aromatic carbocycles. The molecule has 0 amide bonds. The highest BCUT2D eigenvalue weighted by Crippen LogP contribution is 2.35. The number of rotatable bonds is 4. The van der Waals surface area contributed by atoms with Gasteiger partial charge in [-0.2, -0.15) is 0 Å². The maximum absolute atomic E-state index is 11.0. The molecule has 1 fully saturated rings. The van der Waals surface area contributed by atoms with Crippen molar-refractivity contribution in [1.82, 2.24) is 0 Å². The summed E-state index contributed by atoms with van der Waals surface area (Å²) in [7, 11) is 0. The van der Waals surface area contributed by atoms with Gasteiger partial charge in [0.05, 0.1) is 16.2 Å². The van der Waals surface area contributed by atoms with Crippen LogP contribution < -0.4 is 0 Å². The second-order valence-electron chi connectivity index (χ2n) is 4.67. The topological polar surface area (TPSA) is 57.5 Å². The van der Waals surface area contributed by atoms with Gasteiger partial charge in [-0.05, 0) is 31.0 Å². The van der Waals surface area contributed by atoms with Gasteiger partial charge in [-0.25, -0.2) is 4.79 Å². The van der Waals surface area contributed by atoms with Crippen molar-refractivity contribution >= 4 is 29.3 Å². The third kappa shape index (κ3) is 3.19. The summed E-state index contributed by atoms with van der Waals surface area (Å²) in [5.74, 6) is -0.421. The lowest BCUT2D eigenvalue weighted by Crippen LogP contribution is -2.27. The van der Waals surface area contributed by atoms with E-state index in [9.17, 15) is 9.90 Å². The Bertz CT molecular complexity index is 456. The van der Waals surface area contributed by atoms with E-state index in [1.54, 1.807) is 18.2 Å². The van der Waals surface area contributed by atoms with Gasteiger partial charge in [0.25, 0.3) is 0 Å². The number of carbonyl (C=O) groups is 1. The van der Waals surface area contributed by atoms with Gasteiger partial charge in [0.1, 0.15) is 0 Å². The van der Waals surface area contributed by atoms with Crippen molar-refractivity contribution in [3.05, 3.63) is 28.8 Å². The first kappa shape index (κ1) is 13.7. The van der Waals surface area contributed by atoms with Gasteiger partial charge in [0, 0.05) is 10.6 Å². The van der Waals surface area contributed by atoms with Crippen LogP contribution in [0.2, 0.25) is 5.02 Å². The zero-order valence-electron chi connectivity index (χ0n) is 9.86. The van der Waals surface area contributed by atoms with Crippen molar-refractivity contribution in [1.29, 1.82) is 0 Å². The number of aromatic carboxylic acids is 1. The molecule has 0 saturated heterocycles. The Kier molecular flexibility index (Phi) is 4.20. The molecule has 1 aliphatic rings. The minimum Gasteiger partial charge on any atom is -0.478 e. The van der Waals surface area contributed by atoms with E-state index in [0.29, 0.717) is 5.75 Å². The number of hydrogen-bond donors (Lipinski definition) is 2. The molecule has 2 rings (SSSR count). The Morgan fingerprint density at radius 1 is 1.39 bits per heavy atom. The Balaban J connectivity index is 2.05. The molecule has 0 bridgehead atoms. The maximum atomic E-state index is 11.0. The first-order valence-electron chi connectivity index (χ1n) is 5.88. The number of carboxylic acids is 1. The molecule has 0 heterocycles. The maximum Gasteiger partial charge on any atom is 0.337 e. The van der Waals surface area contributed by atoms with Crippen LogP contribution in [-0.4, -0.2) is 27.5 Å². The molecule has 1 saturated carbocycles. The van der Waals surface area contributed by atoms with Gasteiger partial charge in [0.15, 0.2) is 0 Å². The fourth-order valence-electron chi connectivity index (χ4n) is 2.15. The van der Waals surface area contributed by atoms with E-state index in [1.807, 2.05) is 0 Å². The summed E-state index contributed by atoms with van der Waals surface area (Å²) >= 11 is 7.29. The van der Waals surface area contributed by atoms with E-state index < -0.39 is 11.6 Å². The third-order valence-electron chi connectivity index (χ3n) is 3.21. The van der Waals surface area contributed by atoms with E-state index >= 15 is 0 Å². The summed E-state index contributed by atoms with van der Waals surface area (Å²) in [5.41, 5.74) is -0.478. The van der Waals surface area contributed by atoms with Crippen molar-refractivity contribution in [2.24, 2.45) is 0 Å². The van der Waals surface area contributed by atoms with Crippen molar-refractivity contribution < 1.29 is 15.0 Å². The second kappa shape index (κ2) is 5.51. The lowest BCUT2D eigenvalue weighted by molar-refractivity contribution is 0.0696. The largest absolute Gasteiger partial charge is 0.478 e. The van der Waals surface area contributed by atoms with Gasteiger partial charge in [-0.3, -0.25) is 0 Å². The lowest BCUT2D eigenvalue weighted by atomic mass is 10.1. The molecule has 0 aromatic heterocycles. The van der Waals surface area contributed by atoms with Gasteiger partial charge in [-0.15, -0.1) is 11.8 Å². The number of benzene rings is 1. The molecule has 3 nitrogen and oxygen atoms in total. The lowest BCUT2D eigenvalue weighted by Gasteiger charge is -2.21. The summed E-state index contributed by atoms with van der Waals surface area (Å²) in [5, 5.41) is 19.4. The SMILES string of the molecule is O=C(O)c1cc(SCC2(O)CCCC2)ccc1Cl. The zero-order chi connectivity index (χ0) is 13.2. The van der Waals surface area contributed by atoms with Gasteiger partial charge < -0.3 is 10.2 Å². The van der Waals surface area contributed by atoms with Crippen LogP contribution in [0.4, 0.5) is 0 Å². The molecule has 0 atom stereocenters. The average Bonchev–Trinajstić information content (AvgIpc) is 2.75. The molecule has 2 N–H and O–H groups in total. The summed E-state index contributed by atoms with van der Waals surface area (Å²) in [6.45, 7) is 0. The number of thioether (sulfide) groups is 1. The van der Waals surface area contributed by atoms with Crippen LogP contribution in [0.15, 0.2) is 23.1 Å². The molecule has 1 aromatic rings. The smallest absolute Gasteiger partial charge is 0.337 e. The molecule has 0 unspecified atom stereocenters. The molecule has 18 heavy (non-hydrogen) atoms. The van der Waals surface area contributed by atoms with Crippen LogP contribution in [-0.2, 0) is 0 Å². The predicted molar refractivity (Wildman–Crippen MR) is 72.6 cm³/mol.